The Kier molecular flexibility index (Phi) is 2.79. The Hall–Kier alpha value is -0.920. The van der Waals surface area contributed by atoms with Gasteiger partial charge in [-0.15, -0.1) is 0 Å². The van der Waals surface area contributed by atoms with Gasteiger partial charge in [-0.1, -0.05) is 5.57 Å². The molecule has 0 bridgehead atoms. The molecule has 68 valence electrons. The first-order valence-electron chi connectivity index (χ1n) is 4.53. The lowest BCUT2D eigenvalue weighted by Gasteiger charge is -2.15. The fourth-order valence-corrected chi connectivity index (χ4v) is 1.50. The van der Waals surface area contributed by atoms with Crippen LogP contribution in [0.1, 0.15) is 39.5 Å². The predicted octanol–water partition coefficient (Wildman–Crippen LogP) is 2.03. The van der Waals surface area contributed by atoms with Gasteiger partial charge in [-0.2, -0.15) is 0 Å². The molecule has 0 aromatic carbocycles. The summed E-state index contributed by atoms with van der Waals surface area (Å²) >= 11 is 0. The Balaban J connectivity index is 2.99. The van der Waals surface area contributed by atoms with E-state index in [0.717, 1.165) is 24.2 Å². The van der Waals surface area contributed by atoms with E-state index in [-0.39, 0.29) is 0 Å². The SMILES string of the molecule is C/C1=C(C)/C(N)=C(/N)CCCC1. The lowest BCUT2D eigenvalue weighted by molar-refractivity contribution is 0.702. The van der Waals surface area contributed by atoms with Crippen molar-refractivity contribution in [3.05, 3.63) is 22.5 Å². The average molecular weight is 166 g/mol. The minimum absolute atomic E-state index is 0.812. The standard InChI is InChI=1S/C10H18N2/c1-7-5-3-4-6-9(11)10(12)8(7)2/h3-6,11-12H2,1-2H3/b8-7-,10-9-. The third kappa shape index (κ3) is 1.81. The quantitative estimate of drug-likeness (QED) is 0.578. The van der Waals surface area contributed by atoms with E-state index in [1.54, 1.807) is 0 Å². The van der Waals surface area contributed by atoms with Crippen LogP contribution in [0.4, 0.5) is 0 Å². The number of rotatable bonds is 0. The molecular weight excluding hydrogens is 148 g/mol. The first-order valence-corrected chi connectivity index (χ1v) is 4.53. The smallest absolute Gasteiger partial charge is 0.0533 e. The molecule has 0 radical (unpaired) electrons. The number of nitrogens with two attached hydrogens (primary N) is 2. The summed E-state index contributed by atoms with van der Waals surface area (Å²) in [5.74, 6) is 0. The van der Waals surface area contributed by atoms with Gasteiger partial charge in [0.25, 0.3) is 0 Å². The van der Waals surface area contributed by atoms with E-state index in [2.05, 4.69) is 13.8 Å². The predicted molar refractivity (Wildman–Crippen MR) is 52.2 cm³/mol. The molecule has 0 heterocycles. The summed E-state index contributed by atoms with van der Waals surface area (Å²) < 4.78 is 0. The van der Waals surface area contributed by atoms with Gasteiger partial charge < -0.3 is 11.5 Å². The van der Waals surface area contributed by atoms with Crippen LogP contribution in [0.25, 0.3) is 0 Å². The van der Waals surface area contributed by atoms with Crippen LogP contribution in [-0.4, -0.2) is 0 Å². The summed E-state index contributed by atoms with van der Waals surface area (Å²) in [6, 6.07) is 0. The Morgan fingerprint density at radius 3 is 2.25 bits per heavy atom. The van der Waals surface area contributed by atoms with Crippen LogP contribution < -0.4 is 11.5 Å². The summed E-state index contributed by atoms with van der Waals surface area (Å²) in [7, 11) is 0. The summed E-state index contributed by atoms with van der Waals surface area (Å²) in [6.07, 6.45) is 4.52. The summed E-state index contributed by atoms with van der Waals surface area (Å²) in [6.45, 7) is 4.20. The van der Waals surface area contributed by atoms with Gasteiger partial charge in [0, 0.05) is 5.70 Å². The normalized spacial score (nSPS) is 32.8. The van der Waals surface area contributed by atoms with Crippen LogP contribution in [0.15, 0.2) is 22.5 Å². The Morgan fingerprint density at radius 2 is 1.58 bits per heavy atom. The molecule has 1 aliphatic carbocycles. The van der Waals surface area contributed by atoms with E-state index in [4.69, 9.17) is 11.5 Å². The second kappa shape index (κ2) is 3.65. The molecule has 0 unspecified atom stereocenters. The summed E-state index contributed by atoms with van der Waals surface area (Å²) in [5.41, 5.74) is 16.0. The molecular formula is C10H18N2. The highest BCUT2D eigenvalue weighted by Crippen LogP contribution is 2.22. The largest absolute Gasteiger partial charge is 0.400 e. The highest BCUT2D eigenvalue weighted by atomic mass is 14.7. The maximum atomic E-state index is 5.88. The molecule has 0 spiro atoms. The van der Waals surface area contributed by atoms with Crippen molar-refractivity contribution in [1.82, 2.24) is 0 Å². The number of allylic oxidation sites excluding steroid dienone is 3. The monoisotopic (exact) mass is 166 g/mol. The van der Waals surface area contributed by atoms with Crippen LogP contribution in [0, 0.1) is 0 Å². The summed E-state index contributed by atoms with van der Waals surface area (Å²) in [5, 5.41) is 0. The van der Waals surface area contributed by atoms with Crippen LogP contribution in [0.5, 0.6) is 0 Å². The van der Waals surface area contributed by atoms with Crippen molar-refractivity contribution in [2.75, 3.05) is 0 Å². The first-order chi connectivity index (χ1) is 5.63. The molecule has 1 rings (SSSR count). The zero-order valence-corrected chi connectivity index (χ0v) is 7.98. The first kappa shape index (κ1) is 9.17. The maximum absolute atomic E-state index is 5.88. The third-order valence-corrected chi connectivity index (χ3v) is 2.64. The van der Waals surface area contributed by atoms with Gasteiger partial charge in [-0.25, -0.2) is 0 Å². The minimum atomic E-state index is 0.812. The lowest BCUT2D eigenvalue weighted by Crippen LogP contribution is -2.13. The fraction of sp³-hybridized carbons (Fsp3) is 0.600. The second-order valence-electron chi connectivity index (χ2n) is 3.55. The highest BCUT2D eigenvalue weighted by molar-refractivity contribution is 5.34. The van der Waals surface area contributed by atoms with Crippen LogP contribution in [0.3, 0.4) is 0 Å². The van der Waals surface area contributed by atoms with Crippen molar-refractivity contribution < 1.29 is 0 Å². The highest BCUT2D eigenvalue weighted by Gasteiger charge is 2.08. The van der Waals surface area contributed by atoms with Crippen LogP contribution in [0.2, 0.25) is 0 Å². The maximum Gasteiger partial charge on any atom is 0.0533 e. The van der Waals surface area contributed by atoms with Crippen LogP contribution in [-0.2, 0) is 0 Å². The molecule has 0 aromatic heterocycles. The lowest BCUT2D eigenvalue weighted by atomic mass is 9.96. The topological polar surface area (TPSA) is 52.0 Å². The Bertz CT molecular complexity index is 210. The van der Waals surface area contributed by atoms with Gasteiger partial charge in [-0.3, -0.25) is 0 Å². The molecule has 0 saturated heterocycles. The van der Waals surface area contributed by atoms with Crippen molar-refractivity contribution in [3.63, 3.8) is 0 Å². The molecule has 12 heavy (non-hydrogen) atoms. The van der Waals surface area contributed by atoms with E-state index in [1.807, 2.05) is 0 Å². The number of hydrogen-bond donors (Lipinski definition) is 2. The number of hydrogen-bond acceptors (Lipinski definition) is 2. The average Bonchev–Trinajstić information content (AvgIpc) is 2.07. The molecule has 0 saturated carbocycles. The zero-order valence-electron chi connectivity index (χ0n) is 7.98. The molecule has 0 fully saturated rings. The minimum Gasteiger partial charge on any atom is -0.400 e. The van der Waals surface area contributed by atoms with Gasteiger partial charge in [0.1, 0.15) is 0 Å². The van der Waals surface area contributed by atoms with E-state index in [0.29, 0.717) is 0 Å². The second-order valence-corrected chi connectivity index (χ2v) is 3.55. The Morgan fingerprint density at radius 1 is 1.00 bits per heavy atom. The fourth-order valence-electron chi connectivity index (χ4n) is 1.50. The van der Waals surface area contributed by atoms with Crippen molar-refractivity contribution in [1.29, 1.82) is 0 Å². The molecule has 2 nitrogen and oxygen atoms in total. The van der Waals surface area contributed by atoms with Gasteiger partial charge >= 0.3 is 0 Å². The Labute approximate surface area is 74.3 Å². The molecule has 4 N–H and O–H groups in total. The van der Waals surface area contributed by atoms with Crippen molar-refractivity contribution in [3.8, 4) is 0 Å². The van der Waals surface area contributed by atoms with E-state index < -0.39 is 0 Å². The molecule has 0 amide bonds. The molecule has 2 heteroatoms. The van der Waals surface area contributed by atoms with E-state index >= 15 is 0 Å². The zero-order chi connectivity index (χ0) is 9.14. The van der Waals surface area contributed by atoms with Gasteiger partial charge in [0.2, 0.25) is 0 Å². The molecule has 0 aliphatic heterocycles. The van der Waals surface area contributed by atoms with Crippen molar-refractivity contribution in [2.45, 2.75) is 39.5 Å². The summed E-state index contributed by atoms with van der Waals surface area (Å²) in [4.78, 5) is 0. The molecule has 1 aliphatic rings. The van der Waals surface area contributed by atoms with Crippen molar-refractivity contribution in [2.24, 2.45) is 11.5 Å². The van der Waals surface area contributed by atoms with Gasteiger partial charge in [0.15, 0.2) is 0 Å². The van der Waals surface area contributed by atoms with Crippen molar-refractivity contribution >= 4 is 0 Å². The third-order valence-electron chi connectivity index (χ3n) is 2.64. The van der Waals surface area contributed by atoms with E-state index in [9.17, 15) is 0 Å². The molecule has 0 atom stereocenters. The van der Waals surface area contributed by atoms with Crippen LogP contribution >= 0.6 is 0 Å². The molecule has 0 aromatic rings. The van der Waals surface area contributed by atoms with Gasteiger partial charge in [-0.05, 0) is 45.1 Å². The van der Waals surface area contributed by atoms with Gasteiger partial charge in [0.05, 0.1) is 5.70 Å². The van der Waals surface area contributed by atoms with E-state index in [1.165, 1.54) is 24.0 Å².